The van der Waals surface area contributed by atoms with Gasteiger partial charge in [0.1, 0.15) is 0 Å². The summed E-state index contributed by atoms with van der Waals surface area (Å²) in [7, 11) is -2.68. The van der Waals surface area contributed by atoms with E-state index in [0.29, 0.717) is 25.9 Å². The van der Waals surface area contributed by atoms with Crippen LogP contribution in [0.4, 0.5) is 0 Å². The fourth-order valence-corrected chi connectivity index (χ4v) is 3.36. The lowest BCUT2D eigenvalue weighted by Crippen LogP contribution is -2.45. The van der Waals surface area contributed by atoms with Crippen LogP contribution >= 0.6 is 0 Å². The Morgan fingerprint density at radius 3 is 1.59 bits per heavy atom. The van der Waals surface area contributed by atoms with Crippen molar-refractivity contribution in [2.45, 2.75) is 13.0 Å². The zero-order valence-corrected chi connectivity index (χ0v) is 11.6. The number of hydrogen-bond acceptors (Lipinski definition) is 3. The molecular weight excluding hydrogens is 232 g/mol. The van der Waals surface area contributed by atoms with Crippen molar-refractivity contribution in [1.29, 1.82) is 0 Å². The first-order chi connectivity index (χ1) is 8.24. The molecule has 0 aliphatic heterocycles. The highest BCUT2D eigenvalue weighted by Crippen LogP contribution is 2.17. The highest BCUT2D eigenvalue weighted by atomic mass is 28.4. The van der Waals surface area contributed by atoms with Crippen LogP contribution in [0.15, 0.2) is 50.1 Å². The van der Waals surface area contributed by atoms with E-state index < -0.39 is 8.80 Å². The molecule has 0 atom stereocenters. The quantitative estimate of drug-likeness (QED) is 0.419. The molecule has 0 rings (SSSR count). The Bertz CT molecular complexity index is 230. The minimum atomic E-state index is -2.68. The molecule has 0 spiro atoms. The number of rotatable bonds is 11. The Balaban J connectivity index is 4.66. The molecule has 0 saturated heterocycles. The first-order valence-electron chi connectivity index (χ1n) is 5.60. The lowest BCUT2D eigenvalue weighted by Gasteiger charge is -2.27. The monoisotopic (exact) mass is 254 g/mol. The van der Waals surface area contributed by atoms with Gasteiger partial charge in [-0.3, -0.25) is 0 Å². The zero-order chi connectivity index (χ0) is 13.0. The predicted octanol–water partition coefficient (Wildman–Crippen LogP) is 3.11. The van der Waals surface area contributed by atoms with Gasteiger partial charge in [0.2, 0.25) is 0 Å². The normalized spacial score (nSPS) is 11.6. The largest absolute Gasteiger partial charge is 0.505 e. The second kappa shape index (κ2) is 10.2. The summed E-state index contributed by atoms with van der Waals surface area (Å²) in [5.41, 5.74) is 0. The Morgan fingerprint density at radius 1 is 0.882 bits per heavy atom. The molecule has 0 unspecified atom stereocenters. The van der Waals surface area contributed by atoms with Gasteiger partial charge in [0.25, 0.3) is 0 Å². The molecule has 96 valence electrons. The molecule has 0 N–H and O–H groups in total. The van der Waals surface area contributed by atoms with E-state index in [1.165, 1.54) is 0 Å². The van der Waals surface area contributed by atoms with Crippen LogP contribution in [0.5, 0.6) is 0 Å². The summed E-state index contributed by atoms with van der Waals surface area (Å²) in [6.45, 7) is 14.1. The molecular formula is C13H22O3Si. The molecule has 0 fully saturated rings. The topological polar surface area (TPSA) is 27.7 Å². The Kier molecular flexibility index (Phi) is 9.66. The van der Waals surface area contributed by atoms with Gasteiger partial charge in [-0.25, -0.2) is 0 Å². The van der Waals surface area contributed by atoms with E-state index in [9.17, 15) is 0 Å². The molecule has 0 radical (unpaired) electrons. The first kappa shape index (κ1) is 16.1. The van der Waals surface area contributed by atoms with Gasteiger partial charge in [-0.15, -0.1) is 19.7 Å². The van der Waals surface area contributed by atoms with Crippen LogP contribution in [0.25, 0.3) is 0 Å². The summed E-state index contributed by atoms with van der Waals surface area (Å²) in [5, 5.41) is 0. The van der Waals surface area contributed by atoms with Gasteiger partial charge in [-0.1, -0.05) is 30.4 Å². The van der Waals surface area contributed by atoms with Crippen LogP contribution in [-0.4, -0.2) is 28.6 Å². The van der Waals surface area contributed by atoms with Crippen LogP contribution in [-0.2, 0) is 13.3 Å². The highest BCUT2D eigenvalue weighted by molar-refractivity contribution is 6.61. The van der Waals surface area contributed by atoms with Gasteiger partial charge in [-0.05, 0) is 6.92 Å². The second-order valence-corrected chi connectivity index (χ2v) is 5.90. The van der Waals surface area contributed by atoms with Gasteiger partial charge < -0.3 is 13.3 Å². The third-order valence-electron chi connectivity index (χ3n) is 1.87. The summed E-state index contributed by atoms with van der Waals surface area (Å²) < 4.78 is 17.1. The zero-order valence-electron chi connectivity index (χ0n) is 10.6. The van der Waals surface area contributed by atoms with Crippen LogP contribution < -0.4 is 0 Å². The maximum Gasteiger partial charge on any atom is 0.505 e. The van der Waals surface area contributed by atoms with Gasteiger partial charge >= 0.3 is 8.80 Å². The molecule has 0 saturated carbocycles. The maximum absolute atomic E-state index is 5.71. The molecule has 3 nitrogen and oxygen atoms in total. The summed E-state index contributed by atoms with van der Waals surface area (Å²) in [4.78, 5) is 0. The van der Waals surface area contributed by atoms with Crippen molar-refractivity contribution in [3.05, 3.63) is 50.1 Å². The molecule has 0 bridgehead atoms. The highest BCUT2D eigenvalue weighted by Gasteiger charge is 2.39. The summed E-state index contributed by atoms with van der Waals surface area (Å²) >= 11 is 0. The van der Waals surface area contributed by atoms with Crippen molar-refractivity contribution in [1.82, 2.24) is 0 Å². The fourth-order valence-electron chi connectivity index (χ4n) is 1.12. The lowest BCUT2D eigenvalue weighted by atomic mass is 10.6. The molecule has 17 heavy (non-hydrogen) atoms. The van der Waals surface area contributed by atoms with Crippen molar-refractivity contribution >= 4 is 8.80 Å². The molecule has 0 aromatic heterocycles. The molecule has 0 aromatic rings. The first-order valence-corrected chi connectivity index (χ1v) is 7.53. The van der Waals surface area contributed by atoms with E-state index in [1.807, 2.05) is 19.1 Å². The Labute approximate surface area is 105 Å². The van der Waals surface area contributed by atoms with E-state index in [4.69, 9.17) is 13.3 Å². The number of allylic oxidation sites excluding steroid dienone is 2. The van der Waals surface area contributed by atoms with Crippen LogP contribution in [0.3, 0.4) is 0 Å². The molecule has 0 amide bonds. The number of hydrogen-bond donors (Lipinski definition) is 0. The summed E-state index contributed by atoms with van der Waals surface area (Å²) in [5.74, 6) is 0. The standard InChI is InChI=1S/C13H22O3Si/c1-5-9-13-17(14-10-6-2,15-11-7-3)16-12-8-4/h5-9H,2-4,10-13H2,1H3/b9-5-. The van der Waals surface area contributed by atoms with Gasteiger partial charge in [0.05, 0.1) is 19.8 Å². The average molecular weight is 254 g/mol. The average Bonchev–Trinajstić information content (AvgIpc) is 2.37. The van der Waals surface area contributed by atoms with E-state index in [0.717, 1.165) is 0 Å². The maximum atomic E-state index is 5.71. The summed E-state index contributed by atoms with van der Waals surface area (Å²) in [6, 6.07) is 0.638. The Morgan fingerprint density at radius 2 is 1.29 bits per heavy atom. The third-order valence-corrected chi connectivity index (χ3v) is 4.42. The minimum absolute atomic E-state index is 0.415. The van der Waals surface area contributed by atoms with Crippen LogP contribution in [0.1, 0.15) is 6.92 Å². The van der Waals surface area contributed by atoms with Gasteiger partial charge in [-0.2, -0.15) is 0 Å². The molecule has 4 heteroatoms. The summed E-state index contributed by atoms with van der Waals surface area (Å²) in [6.07, 6.45) is 9.00. The molecule has 0 aromatic carbocycles. The van der Waals surface area contributed by atoms with Crippen molar-refractivity contribution in [2.75, 3.05) is 19.8 Å². The van der Waals surface area contributed by atoms with Crippen molar-refractivity contribution in [3.63, 3.8) is 0 Å². The minimum Gasteiger partial charge on any atom is -0.369 e. The molecule has 0 aliphatic rings. The van der Waals surface area contributed by atoms with Gasteiger partial charge in [0, 0.05) is 6.04 Å². The SMILES string of the molecule is C=CCO[Si](C/C=C\C)(OCC=C)OCC=C. The van der Waals surface area contributed by atoms with E-state index in [1.54, 1.807) is 18.2 Å². The van der Waals surface area contributed by atoms with E-state index in [-0.39, 0.29) is 0 Å². The second-order valence-electron chi connectivity index (χ2n) is 3.26. The van der Waals surface area contributed by atoms with Crippen LogP contribution in [0, 0.1) is 0 Å². The lowest BCUT2D eigenvalue weighted by molar-refractivity contribution is 0.0892. The van der Waals surface area contributed by atoms with Crippen molar-refractivity contribution in [2.24, 2.45) is 0 Å². The Hall–Kier alpha value is -0.943. The van der Waals surface area contributed by atoms with Gasteiger partial charge in [0.15, 0.2) is 0 Å². The third kappa shape index (κ3) is 7.07. The van der Waals surface area contributed by atoms with E-state index in [2.05, 4.69) is 19.7 Å². The predicted molar refractivity (Wildman–Crippen MR) is 73.8 cm³/mol. The smallest absolute Gasteiger partial charge is 0.369 e. The van der Waals surface area contributed by atoms with Crippen molar-refractivity contribution < 1.29 is 13.3 Å². The van der Waals surface area contributed by atoms with Crippen LogP contribution in [0.2, 0.25) is 6.04 Å². The van der Waals surface area contributed by atoms with E-state index >= 15 is 0 Å². The molecule has 0 aliphatic carbocycles. The van der Waals surface area contributed by atoms with Crippen molar-refractivity contribution in [3.8, 4) is 0 Å². The molecule has 0 heterocycles. The fraction of sp³-hybridized carbons (Fsp3) is 0.385.